The molecule has 3 unspecified atom stereocenters. The van der Waals surface area contributed by atoms with Crippen LogP contribution in [0.4, 0.5) is 4.39 Å². The molecule has 3 atom stereocenters. The largest absolute Gasteiger partial charge is 0.388 e. The third-order valence-corrected chi connectivity index (χ3v) is 3.65. The Balaban J connectivity index is 1.98. The van der Waals surface area contributed by atoms with Crippen LogP contribution >= 0.6 is 15.9 Å². The van der Waals surface area contributed by atoms with Gasteiger partial charge in [0.15, 0.2) is 0 Å². The third kappa shape index (κ3) is 3.51. The van der Waals surface area contributed by atoms with Gasteiger partial charge in [-0.2, -0.15) is 0 Å². The van der Waals surface area contributed by atoms with Crippen LogP contribution in [0.15, 0.2) is 22.7 Å². The number of benzene rings is 1. The van der Waals surface area contributed by atoms with Crippen LogP contribution in [0.3, 0.4) is 0 Å². The quantitative estimate of drug-likeness (QED) is 0.899. The van der Waals surface area contributed by atoms with Crippen molar-refractivity contribution in [2.45, 2.75) is 31.5 Å². The monoisotopic (exact) mass is 317 g/mol. The molecule has 0 radical (unpaired) electrons. The molecule has 0 aliphatic carbocycles. The lowest BCUT2D eigenvalue weighted by Gasteiger charge is -2.30. The average Bonchev–Trinajstić information content (AvgIpc) is 2.32. The Morgan fingerprint density at radius 3 is 3.00 bits per heavy atom. The van der Waals surface area contributed by atoms with Crippen molar-refractivity contribution in [3.05, 3.63) is 34.1 Å². The lowest BCUT2D eigenvalue weighted by atomic mass is 10.0. The Labute approximate surface area is 114 Å². The van der Waals surface area contributed by atoms with Crippen molar-refractivity contribution in [2.75, 3.05) is 13.2 Å². The Morgan fingerprint density at radius 2 is 2.33 bits per heavy atom. The first-order chi connectivity index (χ1) is 8.56. The third-order valence-electron chi connectivity index (χ3n) is 3.04. The molecule has 1 aromatic carbocycles. The first kappa shape index (κ1) is 13.9. The van der Waals surface area contributed by atoms with E-state index in [9.17, 15) is 9.50 Å². The molecule has 2 N–H and O–H groups in total. The molecule has 1 aliphatic rings. The summed E-state index contributed by atoms with van der Waals surface area (Å²) in [5.74, 6) is -0.321. The van der Waals surface area contributed by atoms with Crippen molar-refractivity contribution in [3.63, 3.8) is 0 Å². The van der Waals surface area contributed by atoms with Gasteiger partial charge in [0.1, 0.15) is 5.82 Å². The molecule has 0 aromatic heterocycles. The predicted octanol–water partition coefficient (Wildman–Crippen LogP) is 2.39. The lowest BCUT2D eigenvalue weighted by molar-refractivity contribution is 0.0304. The molecule has 100 valence electrons. The molecule has 0 amide bonds. The highest BCUT2D eigenvalue weighted by molar-refractivity contribution is 9.10. The average molecular weight is 318 g/mol. The molecule has 0 bridgehead atoms. The van der Waals surface area contributed by atoms with Gasteiger partial charge in [-0.1, -0.05) is 6.07 Å². The molecular weight excluding hydrogens is 301 g/mol. The minimum atomic E-state index is -0.617. The first-order valence-corrected chi connectivity index (χ1v) is 6.82. The van der Waals surface area contributed by atoms with Crippen molar-refractivity contribution in [3.8, 4) is 0 Å². The second-order valence-corrected chi connectivity index (χ2v) is 5.58. The summed E-state index contributed by atoms with van der Waals surface area (Å²) in [6.07, 6.45) is -0.0594. The Kier molecular flexibility index (Phi) is 4.72. The van der Waals surface area contributed by atoms with Gasteiger partial charge in [-0.25, -0.2) is 4.39 Å². The van der Waals surface area contributed by atoms with Crippen LogP contribution in [0.5, 0.6) is 0 Å². The number of morpholine rings is 1. The van der Waals surface area contributed by atoms with Gasteiger partial charge < -0.3 is 15.2 Å². The van der Waals surface area contributed by atoms with E-state index in [0.717, 1.165) is 0 Å². The highest BCUT2D eigenvalue weighted by Crippen LogP contribution is 2.24. The van der Waals surface area contributed by atoms with Crippen LogP contribution in [0.1, 0.15) is 25.0 Å². The maximum Gasteiger partial charge on any atom is 0.137 e. The number of ether oxygens (including phenoxy) is 1. The van der Waals surface area contributed by atoms with E-state index in [1.807, 2.05) is 6.92 Å². The predicted molar refractivity (Wildman–Crippen MR) is 70.9 cm³/mol. The standard InChI is InChI=1S/C13H17BrFNO2/c1-8-6-18-7-10(16-8)5-13(17)9-2-3-12(15)11(14)4-9/h2-4,8,10,13,16-17H,5-7H2,1H3. The van der Waals surface area contributed by atoms with Gasteiger partial charge in [-0.15, -0.1) is 0 Å². The molecule has 3 nitrogen and oxygen atoms in total. The summed E-state index contributed by atoms with van der Waals surface area (Å²) in [5.41, 5.74) is 0.711. The van der Waals surface area contributed by atoms with Gasteiger partial charge in [0, 0.05) is 12.1 Å². The molecule has 1 aliphatic heterocycles. The van der Waals surface area contributed by atoms with Gasteiger partial charge in [-0.3, -0.25) is 0 Å². The van der Waals surface area contributed by atoms with Crippen molar-refractivity contribution >= 4 is 15.9 Å². The number of hydrogen-bond acceptors (Lipinski definition) is 3. The van der Waals surface area contributed by atoms with Crippen LogP contribution in [0.2, 0.25) is 0 Å². The fraction of sp³-hybridized carbons (Fsp3) is 0.538. The van der Waals surface area contributed by atoms with Crippen molar-refractivity contribution in [2.24, 2.45) is 0 Å². The fourth-order valence-electron chi connectivity index (χ4n) is 2.15. The molecule has 2 rings (SSSR count). The van der Waals surface area contributed by atoms with E-state index in [1.165, 1.54) is 6.07 Å². The van der Waals surface area contributed by atoms with Gasteiger partial charge in [-0.05, 0) is 47.0 Å². The minimum absolute atomic E-state index is 0.132. The van der Waals surface area contributed by atoms with E-state index in [-0.39, 0.29) is 11.9 Å². The molecule has 1 heterocycles. The van der Waals surface area contributed by atoms with E-state index >= 15 is 0 Å². The van der Waals surface area contributed by atoms with Crippen LogP contribution in [0.25, 0.3) is 0 Å². The van der Waals surface area contributed by atoms with Crippen LogP contribution in [-0.4, -0.2) is 30.4 Å². The highest BCUT2D eigenvalue weighted by Gasteiger charge is 2.22. The highest BCUT2D eigenvalue weighted by atomic mass is 79.9. The summed E-state index contributed by atoms with van der Waals surface area (Å²) in [6.45, 7) is 3.35. The molecule has 0 saturated carbocycles. The van der Waals surface area contributed by atoms with Crippen LogP contribution in [0, 0.1) is 5.82 Å². The fourth-order valence-corrected chi connectivity index (χ4v) is 2.54. The number of hydrogen-bond donors (Lipinski definition) is 2. The number of nitrogens with one attached hydrogen (secondary N) is 1. The number of halogens is 2. The first-order valence-electron chi connectivity index (χ1n) is 6.03. The Morgan fingerprint density at radius 1 is 1.56 bits per heavy atom. The minimum Gasteiger partial charge on any atom is -0.388 e. The van der Waals surface area contributed by atoms with Gasteiger partial charge in [0.05, 0.1) is 23.8 Å². The lowest BCUT2D eigenvalue weighted by Crippen LogP contribution is -2.47. The number of aliphatic hydroxyl groups is 1. The summed E-state index contributed by atoms with van der Waals surface area (Å²) in [6, 6.07) is 5.02. The maximum atomic E-state index is 13.1. The van der Waals surface area contributed by atoms with E-state index in [2.05, 4.69) is 21.2 Å². The molecule has 1 saturated heterocycles. The zero-order chi connectivity index (χ0) is 13.1. The Bertz CT molecular complexity index is 416. The van der Waals surface area contributed by atoms with E-state index < -0.39 is 6.10 Å². The molecule has 1 fully saturated rings. The van der Waals surface area contributed by atoms with Gasteiger partial charge in [0.2, 0.25) is 0 Å². The van der Waals surface area contributed by atoms with Crippen LogP contribution in [-0.2, 0) is 4.74 Å². The maximum absolute atomic E-state index is 13.1. The van der Waals surface area contributed by atoms with Gasteiger partial charge >= 0.3 is 0 Å². The van der Waals surface area contributed by atoms with Crippen molar-refractivity contribution < 1.29 is 14.2 Å². The normalized spacial score (nSPS) is 26.0. The molecule has 1 aromatic rings. The van der Waals surface area contributed by atoms with Gasteiger partial charge in [0.25, 0.3) is 0 Å². The Hall–Kier alpha value is -0.490. The topological polar surface area (TPSA) is 41.5 Å². The molecule has 18 heavy (non-hydrogen) atoms. The molecule has 5 heteroatoms. The van der Waals surface area contributed by atoms with Crippen molar-refractivity contribution in [1.29, 1.82) is 0 Å². The number of aliphatic hydroxyl groups excluding tert-OH is 1. The smallest absolute Gasteiger partial charge is 0.137 e. The zero-order valence-electron chi connectivity index (χ0n) is 10.2. The van der Waals surface area contributed by atoms with E-state index in [4.69, 9.17) is 4.74 Å². The van der Waals surface area contributed by atoms with E-state index in [1.54, 1.807) is 12.1 Å². The SMILES string of the molecule is CC1COCC(CC(O)c2ccc(F)c(Br)c2)N1. The van der Waals surface area contributed by atoms with Crippen molar-refractivity contribution in [1.82, 2.24) is 5.32 Å². The van der Waals surface area contributed by atoms with Crippen LogP contribution < -0.4 is 5.32 Å². The zero-order valence-corrected chi connectivity index (χ0v) is 11.8. The molecule has 0 spiro atoms. The summed E-state index contributed by atoms with van der Waals surface area (Å²) in [4.78, 5) is 0. The summed E-state index contributed by atoms with van der Waals surface area (Å²) in [7, 11) is 0. The summed E-state index contributed by atoms with van der Waals surface area (Å²) < 4.78 is 18.9. The second kappa shape index (κ2) is 6.10. The summed E-state index contributed by atoms with van der Waals surface area (Å²) in [5, 5.41) is 13.5. The molecular formula is C13H17BrFNO2. The summed E-state index contributed by atoms with van der Waals surface area (Å²) >= 11 is 3.12. The number of rotatable bonds is 3. The second-order valence-electron chi connectivity index (χ2n) is 4.73. The van der Waals surface area contributed by atoms with E-state index in [0.29, 0.717) is 35.7 Å².